The van der Waals surface area contributed by atoms with Gasteiger partial charge in [-0.3, -0.25) is 0 Å². The van der Waals surface area contributed by atoms with Crippen molar-refractivity contribution < 1.29 is 0 Å². The quantitative estimate of drug-likeness (QED) is 0.930. The molecule has 2 atom stereocenters. The van der Waals surface area contributed by atoms with Gasteiger partial charge in [-0.1, -0.05) is 6.92 Å². The Kier molecular flexibility index (Phi) is 3.80. The Morgan fingerprint density at radius 1 is 1.29 bits per heavy atom. The topological polar surface area (TPSA) is 28.2 Å². The Morgan fingerprint density at radius 3 is 3.05 bits per heavy atom. The van der Waals surface area contributed by atoms with Crippen LogP contribution in [-0.2, 0) is 18.4 Å². The Hall–Kier alpha value is -0.450. The average molecular weight is 305 g/mol. The summed E-state index contributed by atoms with van der Waals surface area (Å²) in [5.41, 5.74) is 1.59. The maximum Gasteiger partial charge on any atom is 0.113 e. The van der Waals surface area contributed by atoms with Gasteiger partial charge in [0.2, 0.25) is 0 Å². The van der Waals surface area contributed by atoms with Gasteiger partial charge in [-0.05, 0) is 64.5 Å². The second-order valence-corrected chi connectivity index (χ2v) is 8.08. The molecule has 2 saturated heterocycles. The van der Waals surface area contributed by atoms with Gasteiger partial charge >= 0.3 is 0 Å². The highest BCUT2D eigenvalue weighted by Gasteiger charge is 2.44. The fraction of sp³-hybridized carbons (Fsp3) is 0.824. The van der Waals surface area contributed by atoms with Gasteiger partial charge in [-0.15, -0.1) is 11.3 Å². The lowest BCUT2D eigenvalue weighted by atomic mass is 9.83. The van der Waals surface area contributed by atoms with E-state index in [9.17, 15) is 0 Å². The molecule has 0 spiro atoms. The molecule has 116 valence electrons. The molecule has 3 aliphatic rings. The number of nitrogens with zero attached hydrogens (tertiary/aromatic N) is 2. The highest BCUT2D eigenvalue weighted by Crippen LogP contribution is 2.42. The minimum atomic E-state index is 0.169. The zero-order valence-corrected chi connectivity index (χ0v) is 14.0. The Labute approximate surface area is 132 Å². The highest BCUT2D eigenvalue weighted by molar-refractivity contribution is 7.11. The van der Waals surface area contributed by atoms with Crippen molar-refractivity contribution in [3.63, 3.8) is 0 Å². The van der Waals surface area contributed by atoms with Crippen LogP contribution < -0.4 is 5.32 Å². The molecule has 4 heteroatoms. The van der Waals surface area contributed by atoms with Crippen molar-refractivity contribution in [2.75, 3.05) is 19.6 Å². The number of hydrogen-bond donors (Lipinski definition) is 1. The molecule has 3 heterocycles. The third-order valence-corrected chi connectivity index (χ3v) is 7.04. The van der Waals surface area contributed by atoms with Crippen LogP contribution in [0.4, 0.5) is 0 Å². The zero-order chi connectivity index (χ0) is 14.3. The number of hydrogen-bond acceptors (Lipinski definition) is 4. The average Bonchev–Trinajstić information content (AvgIpc) is 3.13. The van der Waals surface area contributed by atoms with E-state index in [2.05, 4.69) is 17.1 Å². The van der Waals surface area contributed by atoms with E-state index < -0.39 is 0 Å². The molecule has 2 fully saturated rings. The third kappa shape index (κ3) is 2.45. The van der Waals surface area contributed by atoms with Gasteiger partial charge in [0.15, 0.2) is 0 Å². The summed E-state index contributed by atoms with van der Waals surface area (Å²) in [7, 11) is 0. The van der Waals surface area contributed by atoms with E-state index >= 15 is 0 Å². The molecule has 0 amide bonds. The number of fused-ring (bicyclic) bond motifs is 2. The molecule has 3 nitrogen and oxygen atoms in total. The Balaban J connectivity index is 1.65. The first kappa shape index (κ1) is 14.2. The molecule has 2 aliphatic heterocycles. The summed E-state index contributed by atoms with van der Waals surface area (Å²) in [6, 6.07) is 0.790. The van der Waals surface area contributed by atoms with E-state index in [1.165, 1.54) is 75.2 Å². The van der Waals surface area contributed by atoms with Crippen molar-refractivity contribution in [1.82, 2.24) is 15.2 Å². The summed E-state index contributed by atoms with van der Waals surface area (Å²) in [6.45, 7) is 5.87. The van der Waals surface area contributed by atoms with Gasteiger partial charge in [0, 0.05) is 17.5 Å². The van der Waals surface area contributed by atoms with E-state index in [0.29, 0.717) is 0 Å². The van der Waals surface area contributed by atoms with Crippen LogP contribution in [0.15, 0.2) is 0 Å². The monoisotopic (exact) mass is 305 g/mol. The molecule has 0 bridgehead atoms. The van der Waals surface area contributed by atoms with E-state index in [1.807, 2.05) is 11.3 Å². The van der Waals surface area contributed by atoms with Crippen LogP contribution in [0.1, 0.15) is 61.0 Å². The van der Waals surface area contributed by atoms with Gasteiger partial charge in [-0.2, -0.15) is 0 Å². The molecule has 2 unspecified atom stereocenters. The van der Waals surface area contributed by atoms with Crippen LogP contribution in [0.5, 0.6) is 0 Å². The third-order valence-electron chi connectivity index (χ3n) is 5.68. The van der Waals surface area contributed by atoms with E-state index in [4.69, 9.17) is 4.98 Å². The van der Waals surface area contributed by atoms with Crippen molar-refractivity contribution in [3.8, 4) is 0 Å². The van der Waals surface area contributed by atoms with Gasteiger partial charge in [0.05, 0.1) is 11.2 Å². The minimum absolute atomic E-state index is 0.169. The van der Waals surface area contributed by atoms with Crippen LogP contribution in [0.25, 0.3) is 0 Å². The summed E-state index contributed by atoms with van der Waals surface area (Å²) < 4.78 is 0. The zero-order valence-electron chi connectivity index (χ0n) is 13.2. The summed E-state index contributed by atoms with van der Waals surface area (Å²) >= 11 is 2.02. The highest BCUT2D eigenvalue weighted by atomic mass is 32.1. The van der Waals surface area contributed by atoms with Crippen molar-refractivity contribution >= 4 is 11.3 Å². The lowest BCUT2D eigenvalue weighted by molar-refractivity contribution is 0.106. The number of nitrogens with one attached hydrogen (secondary N) is 1. The van der Waals surface area contributed by atoms with E-state index in [0.717, 1.165) is 12.6 Å². The van der Waals surface area contributed by atoms with Gasteiger partial charge in [0.1, 0.15) is 5.01 Å². The molecule has 4 rings (SSSR count). The summed E-state index contributed by atoms with van der Waals surface area (Å²) in [5, 5.41) is 5.26. The number of aryl methyl sites for hydroxylation is 2. The molecule has 1 aliphatic carbocycles. The van der Waals surface area contributed by atoms with Crippen LogP contribution in [-0.4, -0.2) is 35.6 Å². The number of aromatic nitrogens is 1. The van der Waals surface area contributed by atoms with Gasteiger partial charge in [0.25, 0.3) is 0 Å². The second kappa shape index (κ2) is 5.64. The van der Waals surface area contributed by atoms with Crippen molar-refractivity contribution in [3.05, 3.63) is 15.6 Å². The predicted molar refractivity (Wildman–Crippen MR) is 87.9 cm³/mol. The van der Waals surface area contributed by atoms with Crippen LogP contribution >= 0.6 is 11.3 Å². The Bertz CT molecular complexity index is 489. The molecule has 1 aromatic rings. The standard InChI is InChI=1S/C17H27N3S/c1-2-18-17(9-11-20-10-5-6-13(20)12-17)16-19-14-7-3-4-8-15(14)21-16/h13,18H,2-12H2,1H3. The van der Waals surface area contributed by atoms with Crippen LogP contribution in [0.3, 0.4) is 0 Å². The number of thiazole rings is 1. The van der Waals surface area contributed by atoms with E-state index in [1.54, 1.807) is 4.88 Å². The first-order valence-corrected chi connectivity index (χ1v) is 9.60. The summed E-state index contributed by atoms with van der Waals surface area (Å²) in [4.78, 5) is 9.41. The lowest BCUT2D eigenvalue weighted by Gasteiger charge is -2.43. The molecule has 0 radical (unpaired) electrons. The summed E-state index contributed by atoms with van der Waals surface area (Å²) in [5.74, 6) is 0. The van der Waals surface area contributed by atoms with Gasteiger partial charge < -0.3 is 10.2 Å². The van der Waals surface area contributed by atoms with Crippen molar-refractivity contribution in [1.29, 1.82) is 0 Å². The smallest absolute Gasteiger partial charge is 0.113 e. The minimum Gasteiger partial charge on any atom is -0.306 e. The SMILES string of the molecule is CCNC1(c2nc3c(s2)CCCC3)CCN2CCCC2C1. The second-order valence-electron chi connectivity index (χ2n) is 6.99. The normalized spacial score (nSPS) is 32.9. The maximum atomic E-state index is 5.12. The molecule has 1 N–H and O–H groups in total. The number of piperidine rings is 1. The molecular weight excluding hydrogens is 278 g/mol. The number of rotatable bonds is 3. The predicted octanol–water partition coefficient (Wildman–Crippen LogP) is 3.08. The first-order chi connectivity index (χ1) is 10.3. The molecule has 1 aromatic heterocycles. The van der Waals surface area contributed by atoms with Crippen molar-refractivity contribution in [2.45, 2.75) is 69.9 Å². The molecule has 21 heavy (non-hydrogen) atoms. The van der Waals surface area contributed by atoms with E-state index in [-0.39, 0.29) is 5.54 Å². The largest absolute Gasteiger partial charge is 0.306 e. The fourth-order valence-electron chi connectivity index (χ4n) is 4.58. The van der Waals surface area contributed by atoms with Crippen molar-refractivity contribution in [2.24, 2.45) is 0 Å². The maximum absolute atomic E-state index is 5.12. The van der Waals surface area contributed by atoms with Crippen LogP contribution in [0, 0.1) is 0 Å². The Morgan fingerprint density at radius 2 is 2.19 bits per heavy atom. The van der Waals surface area contributed by atoms with Crippen LogP contribution in [0.2, 0.25) is 0 Å². The molecular formula is C17H27N3S. The molecule has 0 saturated carbocycles. The lowest BCUT2D eigenvalue weighted by Crippen LogP contribution is -2.53. The first-order valence-electron chi connectivity index (χ1n) is 8.79. The van der Waals surface area contributed by atoms with Gasteiger partial charge in [-0.25, -0.2) is 4.98 Å². The summed E-state index contributed by atoms with van der Waals surface area (Å²) in [6.07, 6.45) is 10.5. The fourth-order valence-corrected chi connectivity index (χ4v) is 5.94. The molecule has 0 aromatic carbocycles.